The van der Waals surface area contributed by atoms with Crippen molar-refractivity contribution in [3.63, 3.8) is 0 Å². The Balaban J connectivity index is 0. The molecule has 8 heteroatoms. The van der Waals surface area contributed by atoms with Gasteiger partial charge < -0.3 is 19.0 Å². The molecule has 0 amide bonds. The van der Waals surface area contributed by atoms with Gasteiger partial charge in [-0.2, -0.15) is 0 Å². The van der Waals surface area contributed by atoms with E-state index in [1.165, 1.54) is 38.5 Å². The van der Waals surface area contributed by atoms with E-state index in [4.69, 9.17) is 10.2 Å². The SMILES string of the molecule is Cc1occc(=O)c1O.Cc1occc(=O)c1O.[GaH3].[GaH3]. The first-order valence-electron chi connectivity index (χ1n) is 4.98. The third-order valence-electron chi connectivity index (χ3n) is 2.06. The number of hydrogen-bond donors (Lipinski definition) is 2. The van der Waals surface area contributed by atoms with Crippen molar-refractivity contribution in [3.8, 4) is 11.5 Å². The summed E-state index contributed by atoms with van der Waals surface area (Å²) >= 11 is 0. The molecule has 0 bridgehead atoms. The topological polar surface area (TPSA) is 101 Å². The summed E-state index contributed by atoms with van der Waals surface area (Å²) in [6.07, 6.45) is 2.49. The molecule has 0 aromatic carbocycles. The third-order valence-corrected chi connectivity index (χ3v) is 2.06. The Morgan fingerprint density at radius 3 is 1.30 bits per heavy atom. The molecule has 2 heterocycles. The van der Waals surface area contributed by atoms with E-state index in [-0.39, 0.29) is 62.6 Å². The monoisotopic (exact) mass is 396 g/mol. The molecule has 0 aliphatic heterocycles. The average Bonchev–Trinajstić information content (AvgIpc) is 2.34. The van der Waals surface area contributed by atoms with Gasteiger partial charge in [0.2, 0.25) is 22.4 Å². The normalized spacial score (nSPS) is 8.50. The van der Waals surface area contributed by atoms with E-state index in [0.717, 1.165) is 0 Å². The number of rotatable bonds is 0. The molecule has 0 fully saturated rings. The summed E-state index contributed by atoms with van der Waals surface area (Å²) in [6.45, 7) is 3.05. The van der Waals surface area contributed by atoms with Crippen LogP contribution < -0.4 is 10.9 Å². The van der Waals surface area contributed by atoms with Crippen LogP contribution in [0, 0.1) is 13.8 Å². The van der Waals surface area contributed by atoms with Crippen LogP contribution in [-0.2, 0) is 0 Å². The van der Waals surface area contributed by atoms with Crippen molar-refractivity contribution in [1.82, 2.24) is 0 Å². The van der Waals surface area contributed by atoms with Crippen LogP contribution in [0.15, 0.2) is 43.1 Å². The van der Waals surface area contributed by atoms with E-state index < -0.39 is 10.9 Å². The molecule has 0 saturated carbocycles. The fourth-order valence-electron chi connectivity index (χ4n) is 1.01. The first kappa shape index (κ1) is 21.1. The fourth-order valence-corrected chi connectivity index (χ4v) is 1.01. The second-order valence-corrected chi connectivity index (χ2v) is 3.38. The number of hydrogen-bond acceptors (Lipinski definition) is 6. The number of aryl methyl sites for hydroxylation is 2. The minimum atomic E-state index is -0.404. The van der Waals surface area contributed by atoms with Gasteiger partial charge in [0.05, 0.1) is 12.5 Å². The Morgan fingerprint density at radius 1 is 0.800 bits per heavy atom. The average molecular weight is 398 g/mol. The van der Waals surface area contributed by atoms with E-state index in [0.29, 0.717) is 0 Å². The van der Waals surface area contributed by atoms with Gasteiger partial charge in [0.25, 0.3) is 0 Å². The maximum atomic E-state index is 10.5. The molecule has 0 unspecified atom stereocenters. The van der Waals surface area contributed by atoms with Crippen molar-refractivity contribution in [2.24, 2.45) is 0 Å². The molecule has 6 nitrogen and oxygen atoms in total. The predicted molar refractivity (Wildman–Crippen MR) is 82.6 cm³/mol. The second kappa shape index (κ2) is 9.64. The van der Waals surface area contributed by atoms with Crippen LogP contribution in [0.5, 0.6) is 11.5 Å². The van der Waals surface area contributed by atoms with Crippen molar-refractivity contribution in [2.45, 2.75) is 13.8 Å². The van der Waals surface area contributed by atoms with Gasteiger partial charge in [0, 0.05) is 12.1 Å². The van der Waals surface area contributed by atoms with Gasteiger partial charge >= 0.3 is 39.6 Å². The van der Waals surface area contributed by atoms with Crippen LogP contribution in [0.4, 0.5) is 0 Å². The van der Waals surface area contributed by atoms with Crippen LogP contribution in [-0.4, -0.2) is 49.8 Å². The van der Waals surface area contributed by atoms with E-state index in [1.807, 2.05) is 0 Å². The van der Waals surface area contributed by atoms with Crippen molar-refractivity contribution in [3.05, 3.63) is 56.6 Å². The summed E-state index contributed by atoms with van der Waals surface area (Å²) in [6, 6.07) is 2.34. The first-order chi connectivity index (χ1) is 8.43. The molecule has 0 spiro atoms. The van der Waals surface area contributed by atoms with Gasteiger partial charge in [0.1, 0.15) is 11.5 Å². The molecule has 0 atom stereocenters. The van der Waals surface area contributed by atoms with Gasteiger partial charge in [-0.1, -0.05) is 0 Å². The van der Waals surface area contributed by atoms with Crippen molar-refractivity contribution < 1.29 is 19.0 Å². The van der Waals surface area contributed by atoms with Gasteiger partial charge in [-0.15, -0.1) is 0 Å². The van der Waals surface area contributed by atoms with E-state index >= 15 is 0 Å². The standard InChI is InChI=1S/2C6H6O3.2Ga.6H/c2*1-4-6(8)5(7)2-3-9-4;;;;;;;;/h2*2-3,8H,1H3;;;;;;;;. The Bertz CT molecular complexity index is 589. The molecular formula is C12H18Ga2O6. The third kappa shape index (κ3) is 5.82. The van der Waals surface area contributed by atoms with E-state index in [2.05, 4.69) is 8.83 Å². The van der Waals surface area contributed by atoms with E-state index in [9.17, 15) is 9.59 Å². The molecule has 2 rings (SSSR count). The molecule has 2 aromatic rings. The summed E-state index contributed by atoms with van der Waals surface area (Å²) in [5, 5.41) is 17.6. The summed E-state index contributed by atoms with van der Waals surface area (Å²) < 4.78 is 9.38. The molecule has 108 valence electrons. The maximum absolute atomic E-state index is 10.5. The Morgan fingerprint density at radius 2 is 1.10 bits per heavy atom. The van der Waals surface area contributed by atoms with Crippen molar-refractivity contribution in [1.29, 1.82) is 0 Å². The zero-order valence-electron chi connectivity index (χ0n) is 9.84. The minimum absolute atomic E-state index is 0. The van der Waals surface area contributed by atoms with Crippen molar-refractivity contribution >= 4 is 39.6 Å². The van der Waals surface area contributed by atoms with Crippen LogP contribution >= 0.6 is 0 Å². The van der Waals surface area contributed by atoms with Crippen LogP contribution in [0.1, 0.15) is 11.5 Å². The Hall–Kier alpha value is -1.23. The molecule has 0 saturated heterocycles. The fraction of sp³-hybridized carbons (Fsp3) is 0.167. The predicted octanol–water partition coefficient (Wildman–Crippen LogP) is -1.06. The van der Waals surface area contributed by atoms with Crippen LogP contribution in [0.2, 0.25) is 0 Å². The summed E-state index contributed by atoms with van der Waals surface area (Å²) in [7, 11) is 0. The van der Waals surface area contributed by atoms with Crippen molar-refractivity contribution in [2.75, 3.05) is 0 Å². The van der Waals surface area contributed by atoms with Gasteiger partial charge in [-0.3, -0.25) is 9.59 Å². The van der Waals surface area contributed by atoms with Crippen LogP contribution in [0.3, 0.4) is 0 Å². The molecule has 0 radical (unpaired) electrons. The molecule has 2 aromatic heterocycles. The summed E-state index contributed by atoms with van der Waals surface area (Å²) in [5.41, 5.74) is -0.808. The van der Waals surface area contributed by atoms with Gasteiger partial charge in [-0.25, -0.2) is 0 Å². The van der Waals surface area contributed by atoms with E-state index in [1.54, 1.807) is 0 Å². The van der Waals surface area contributed by atoms with Gasteiger partial charge in [0.15, 0.2) is 0 Å². The molecular weight excluding hydrogens is 380 g/mol. The summed E-state index contributed by atoms with van der Waals surface area (Å²) in [4.78, 5) is 21.1. The molecule has 0 aliphatic carbocycles. The second-order valence-electron chi connectivity index (χ2n) is 3.38. The Kier molecular flexibility index (Phi) is 10.2. The molecule has 20 heavy (non-hydrogen) atoms. The zero-order chi connectivity index (χ0) is 13.7. The first-order valence-corrected chi connectivity index (χ1v) is 4.98. The summed E-state index contributed by atoms with van der Waals surface area (Å²) in [5.74, 6) is -0.111. The molecule has 0 aliphatic rings. The van der Waals surface area contributed by atoms with Crippen LogP contribution in [0.25, 0.3) is 0 Å². The number of aromatic hydroxyl groups is 2. The quantitative estimate of drug-likeness (QED) is 0.550. The zero-order valence-corrected chi connectivity index (χ0v) is 9.84. The van der Waals surface area contributed by atoms with Gasteiger partial charge in [-0.05, 0) is 13.8 Å². The Labute approximate surface area is 140 Å². The molecule has 2 N–H and O–H groups in total.